The molecule has 4 fully saturated rings. The van der Waals surface area contributed by atoms with Crippen LogP contribution >= 0.6 is 0 Å². The minimum Gasteiger partial charge on any atom is -0.463 e. The van der Waals surface area contributed by atoms with E-state index >= 15 is 0 Å². The van der Waals surface area contributed by atoms with Crippen molar-refractivity contribution < 1.29 is 170 Å². The van der Waals surface area contributed by atoms with Gasteiger partial charge in [0, 0.05) is 171 Å². The number of nitrogens with zero attached hydrogens (tertiary/aromatic N) is 1. The molecule has 15 atom stereocenters. The molecule has 4 aliphatic heterocycles. The summed E-state index contributed by atoms with van der Waals surface area (Å²) in [5.41, 5.74) is -1.59. The summed E-state index contributed by atoms with van der Waals surface area (Å²) >= 11 is 0. The molecule has 1 aromatic carbocycles. The first-order valence-electron chi connectivity index (χ1n) is 44.6. The minimum atomic E-state index is -2.45. The van der Waals surface area contributed by atoms with Gasteiger partial charge in [-0.05, 0) is 57.8 Å². The van der Waals surface area contributed by atoms with E-state index in [1.165, 1.54) is 67.2 Å². The van der Waals surface area contributed by atoms with Gasteiger partial charge in [0.1, 0.15) is 62.0 Å². The second-order valence-electron chi connectivity index (χ2n) is 33.0. The van der Waals surface area contributed by atoms with Crippen molar-refractivity contribution in [3.05, 3.63) is 29.1 Å². The van der Waals surface area contributed by atoms with E-state index in [4.69, 9.17) is 71.1 Å². The first-order valence-corrected chi connectivity index (χ1v) is 44.6. The number of halogens is 5. The molecular formula is C87H133F5N8O31. The highest BCUT2D eigenvalue weighted by atomic mass is 19.2. The summed E-state index contributed by atoms with van der Waals surface area (Å²) in [6.07, 6.45) is -2.46. The first-order chi connectivity index (χ1) is 62.2. The van der Waals surface area contributed by atoms with E-state index in [0.717, 1.165) is 0 Å². The van der Waals surface area contributed by atoms with Gasteiger partial charge < -0.3 is 118 Å². The normalized spacial score (nSPS) is 23.0. The SMILES string of the molecule is CC(=O)NC1C(OCCCCCCNC(=O)CCOCC(COCCC(=O)NCCCCCCOC2OC(COC(C)=O)C(OC(C)=O)C(C)C2NC(C)=O)(COCCC(=O)NCCCCCCOC2OC(COC(C)=O)C(OC(C)=O)C(C)C2NC(C)=O)NC(=O)C2CCN(C(=O)CCCC(=O)Oc3c(F)c(F)c(F)c(F)c3F)CC2)OC(COC(C)=O)C(OC(C)=O)C1C. The summed E-state index contributed by atoms with van der Waals surface area (Å²) in [6.45, 7) is 15.7. The topological polar surface area (TPSA) is 491 Å². The highest BCUT2D eigenvalue weighted by Gasteiger charge is 2.51. The van der Waals surface area contributed by atoms with Crippen LogP contribution in [-0.4, -0.2) is 285 Å². The molecule has 4 aliphatic rings. The number of likely N-dealkylation sites (tertiary alicyclic amines) is 1. The van der Waals surface area contributed by atoms with Crippen LogP contribution in [0.5, 0.6) is 5.75 Å². The summed E-state index contributed by atoms with van der Waals surface area (Å²) in [5.74, 6) is -24.1. The van der Waals surface area contributed by atoms with Crippen LogP contribution in [0.2, 0.25) is 0 Å². The number of rotatable bonds is 58. The highest BCUT2D eigenvalue weighted by molar-refractivity contribution is 5.82. The quantitative estimate of drug-likeness (QED) is 0.00864. The third kappa shape index (κ3) is 40.9. The number of carbonyl (C=O) groups excluding carboxylic acids is 15. The molecule has 131 heavy (non-hydrogen) atoms. The Labute approximate surface area is 759 Å². The molecule has 7 N–H and O–H groups in total. The Morgan fingerprint density at radius 1 is 0.382 bits per heavy atom. The molecule has 742 valence electrons. The zero-order valence-electron chi connectivity index (χ0n) is 76.9. The van der Waals surface area contributed by atoms with Gasteiger partial charge in [-0.3, -0.25) is 71.9 Å². The summed E-state index contributed by atoms with van der Waals surface area (Å²) in [5, 5.41) is 20.1. The van der Waals surface area contributed by atoms with Gasteiger partial charge in [0.05, 0.1) is 57.8 Å². The van der Waals surface area contributed by atoms with Crippen molar-refractivity contribution in [2.24, 2.45) is 23.7 Å². The highest BCUT2D eigenvalue weighted by Crippen LogP contribution is 2.35. The monoisotopic (exact) mass is 1880 g/mol. The predicted octanol–water partition coefficient (Wildman–Crippen LogP) is 4.93. The average molecular weight is 1880 g/mol. The smallest absolute Gasteiger partial charge is 0.311 e. The number of piperidine rings is 1. The molecule has 4 heterocycles. The maximum Gasteiger partial charge on any atom is 0.311 e. The lowest BCUT2D eigenvalue weighted by atomic mass is 9.88. The number of esters is 7. The van der Waals surface area contributed by atoms with Crippen LogP contribution in [0.25, 0.3) is 0 Å². The van der Waals surface area contributed by atoms with E-state index < -0.39 is 198 Å². The summed E-state index contributed by atoms with van der Waals surface area (Å²) in [4.78, 5) is 190. The molecule has 1 aromatic rings. The molecule has 0 radical (unpaired) electrons. The van der Waals surface area contributed by atoms with E-state index in [0.29, 0.717) is 77.0 Å². The van der Waals surface area contributed by atoms with E-state index in [2.05, 4.69) is 42.0 Å². The van der Waals surface area contributed by atoms with Crippen molar-refractivity contribution in [3.8, 4) is 5.75 Å². The Bertz CT molecular complexity index is 3580. The van der Waals surface area contributed by atoms with Crippen molar-refractivity contribution in [1.29, 1.82) is 0 Å². The second kappa shape index (κ2) is 59.2. The molecule has 8 amide bonds. The van der Waals surface area contributed by atoms with E-state index in [1.807, 2.05) is 0 Å². The van der Waals surface area contributed by atoms with Crippen molar-refractivity contribution in [2.45, 2.75) is 291 Å². The maximum absolute atomic E-state index is 14.7. The standard InChI is InChI=1S/C87H133F5N8O31/c1-50-76(96-53(4)101)84(128-63(44-122-56(7)104)79(50)125-59(10)107)119-38-22-16-13-19-33-93-66(110)30-41-116-47-87(99-83(115)62-28-36-100(37-29-62)69(113)26-25-27-70(114)131-82-74(91)72(89)71(88)73(90)75(82)92,48-117-42-31-67(111)94-34-20-14-17-23-39-120-85-77(97-54(5)102)51(2)80(126-60(11)108)64(129-85)45-123-57(8)105)49-118-43-32-68(112)95-35-21-15-18-24-40-121-86-78(98-55(6)103)52(3)81(127-61(12)109)65(130-86)46-124-58(9)106/h50-52,62-65,76-81,84-86H,13-49H2,1-12H3,(H,93,110)(H,94,111)(H,95,112)(H,96,101)(H,97,102)(H,98,103)(H,99,115). The Morgan fingerprint density at radius 3 is 1.00 bits per heavy atom. The third-order valence-corrected chi connectivity index (χ3v) is 21.9. The van der Waals surface area contributed by atoms with Crippen LogP contribution in [0.3, 0.4) is 0 Å². The van der Waals surface area contributed by atoms with Crippen LogP contribution in [0.15, 0.2) is 0 Å². The van der Waals surface area contributed by atoms with Gasteiger partial charge in [0.2, 0.25) is 82.1 Å². The van der Waals surface area contributed by atoms with Gasteiger partial charge in [-0.2, -0.15) is 8.78 Å². The van der Waals surface area contributed by atoms with Gasteiger partial charge in [0.25, 0.3) is 0 Å². The molecule has 0 spiro atoms. The number of unbranched alkanes of at least 4 members (excludes halogenated alkanes) is 9. The van der Waals surface area contributed by atoms with Gasteiger partial charge >= 0.3 is 41.8 Å². The van der Waals surface area contributed by atoms with Gasteiger partial charge in [-0.1, -0.05) is 59.3 Å². The molecule has 39 nitrogen and oxygen atoms in total. The van der Waals surface area contributed by atoms with Crippen molar-refractivity contribution in [1.82, 2.24) is 42.1 Å². The summed E-state index contributed by atoms with van der Waals surface area (Å²) < 4.78 is 162. The number of nitrogens with one attached hydrogen (secondary N) is 7. The average Bonchev–Trinajstić information content (AvgIpc) is 0.809. The number of amides is 8. The third-order valence-electron chi connectivity index (χ3n) is 21.9. The largest absolute Gasteiger partial charge is 0.463 e. The Hall–Kier alpha value is -9.44. The van der Waals surface area contributed by atoms with Gasteiger partial charge in [0.15, 0.2) is 18.9 Å². The summed E-state index contributed by atoms with van der Waals surface area (Å²) in [6, 6.07) is -2.17. The van der Waals surface area contributed by atoms with E-state index in [-0.39, 0.29) is 192 Å². The van der Waals surface area contributed by atoms with E-state index in [9.17, 15) is 93.9 Å². The number of ether oxygens (including phenoxy) is 16. The fourth-order valence-electron chi connectivity index (χ4n) is 15.2. The molecular weight excluding hydrogens is 1750 g/mol. The zero-order valence-corrected chi connectivity index (χ0v) is 76.9. The lowest BCUT2D eigenvalue weighted by Crippen LogP contribution is -2.62. The van der Waals surface area contributed by atoms with E-state index in [1.54, 1.807) is 20.8 Å². The Balaban J connectivity index is 1.23. The van der Waals surface area contributed by atoms with Crippen LogP contribution < -0.4 is 42.0 Å². The summed E-state index contributed by atoms with van der Waals surface area (Å²) in [7, 11) is 0. The predicted molar refractivity (Wildman–Crippen MR) is 447 cm³/mol. The van der Waals surface area contributed by atoms with Crippen LogP contribution in [-0.2, 0) is 143 Å². The van der Waals surface area contributed by atoms with Crippen molar-refractivity contribution >= 4 is 89.0 Å². The Morgan fingerprint density at radius 2 is 0.695 bits per heavy atom. The first kappa shape index (κ1) is 112. The van der Waals surface area contributed by atoms with Crippen LogP contribution in [0.1, 0.15) is 212 Å². The molecule has 44 heteroatoms. The second-order valence-corrected chi connectivity index (χ2v) is 33.0. The lowest BCUT2D eigenvalue weighted by Gasteiger charge is -2.44. The van der Waals surface area contributed by atoms with Crippen LogP contribution in [0, 0.1) is 52.8 Å². The number of hydrogen-bond acceptors (Lipinski definition) is 31. The lowest BCUT2D eigenvalue weighted by molar-refractivity contribution is -0.262. The molecule has 0 bridgehead atoms. The fraction of sp³-hybridized carbons (Fsp3) is 0.759. The van der Waals surface area contributed by atoms with Gasteiger partial charge in [-0.25, -0.2) is 13.2 Å². The molecule has 4 saturated heterocycles. The molecule has 0 aliphatic carbocycles. The molecule has 0 saturated carbocycles. The number of benzene rings is 1. The fourth-order valence-corrected chi connectivity index (χ4v) is 15.2. The Kier molecular flexibility index (Phi) is 50.7. The molecule has 15 unspecified atom stereocenters. The van der Waals surface area contributed by atoms with Gasteiger partial charge in [-0.15, -0.1) is 0 Å². The maximum atomic E-state index is 14.7. The number of hydrogen-bond donors (Lipinski definition) is 7. The molecule has 5 rings (SSSR count). The van der Waals surface area contributed by atoms with Crippen LogP contribution in [0.4, 0.5) is 22.0 Å². The number of carbonyl (C=O) groups is 15. The minimum absolute atomic E-state index is 0.0267. The molecule has 0 aromatic heterocycles. The zero-order chi connectivity index (χ0) is 96.9. The van der Waals surface area contributed by atoms with Crippen molar-refractivity contribution in [3.63, 3.8) is 0 Å². The van der Waals surface area contributed by atoms with Crippen molar-refractivity contribution in [2.75, 3.05) is 112 Å².